The Kier molecular flexibility index (Phi) is 45.8. The molecular weight excluding hydrogens is 811 g/mol. The van der Waals surface area contributed by atoms with Gasteiger partial charge in [0, 0.05) is 19.3 Å². The van der Waals surface area contributed by atoms with Crippen molar-refractivity contribution in [2.75, 3.05) is 41.0 Å². The van der Waals surface area contributed by atoms with Crippen molar-refractivity contribution in [1.29, 1.82) is 0 Å². The van der Waals surface area contributed by atoms with Gasteiger partial charge in [0.25, 0.3) is 0 Å². The molecule has 0 saturated heterocycles. The summed E-state index contributed by atoms with van der Waals surface area (Å²) in [5.74, 6) is -1.47. The molecule has 0 heterocycles. The summed E-state index contributed by atoms with van der Waals surface area (Å²) < 4.78 is 17.4. The first-order valence-electron chi connectivity index (χ1n) is 27.2. The third-order valence-electron chi connectivity index (χ3n) is 12.2. The fraction of sp³-hybridized carbons (Fsp3) is 0.807. The van der Waals surface area contributed by atoms with Crippen molar-refractivity contribution in [2.45, 2.75) is 257 Å². The number of hydrogen-bond donors (Lipinski definition) is 1. The predicted molar refractivity (Wildman–Crippen MR) is 275 cm³/mol. The van der Waals surface area contributed by atoms with Gasteiger partial charge in [0.15, 0.2) is 12.1 Å². The van der Waals surface area contributed by atoms with Crippen LogP contribution in [0.4, 0.5) is 0 Å². The van der Waals surface area contributed by atoms with Gasteiger partial charge in [-0.25, -0.2) is 4.79 Å². The molecule has 0 aromatic carbocycles. The summed E-state index contributed by atoms with van der Waals surface area (Å²) in [7, 11) is 5.54. The average molecular weight is 915 g/mol. The standard InChI is InChI=1S/C57H103NO7/c1-6-8-10-12-14-16-18-20-22-24-26-27-28-29-30-32-34-36-38-40-42-44-46-48-56(60)65-53(51-63-50-49-54(57(61)62)58(3,4)5)52-64-55(59)47-45-43-41-39-37-35-33-31-25-23-21-19-17-15-13-11-9-7-2/h8,10,14,16,20,22,31,33,53-54H,6-7,9,11-13,15,17-19,21,23-30,32,34-52H2,1-5H3/p+1/b10-8+,16-14+,22-20+,33-31+. The molecule has 1 N–H and O–H groups in total. The number of carbonyl (C=O) groups excluding carboxylic acids is 2. The minimum Gasteiger partial charge on any atom is -0.477 e. The number of allylic oxidation sites excluding steroid dienone is 8. The molecule has 0 amide bonds. The second-order valence-electron chi connectivity index (χ2n) is 19.5. The number of unbranched alkanes of at least 4 members (excludes halogenated alkanes) is 27. The third kappa shape index (κ3) is 46.2. The smallest absolute Gasteiger partial charge is 0.362 e. The van der Waals surface area contributed by atoms with Gasteiger partial charge in [-0.05, 0) is 70.6 Å². The number of quaternary nitrogens is 1. The Hall–Kier alpha value is -2.71. The van der Waals surface area contributed by atoms with E-state index in [1.54, 1.807) is 0 Å². The second-order valence-corrected chi connectivity index (χ2v) is 19.5. The van der Waals surface area contributed by atoms with Crippen LogP contribution in [0.1, 0.15) is 245 Å². The maximum absolute atomic E-state index is 12.8. The molecule has 2 atom stereocenters. The number of aliphatic carboxylic acids is 1. The topological polar surface area (TPSA) is 99.1 Å². The molecule has 0 rings (SSSR count). The van der Waals surface area contributed by atoms with Crippen LogP contribution in [0.15, 0.2) is 48.6 Å². The van der Waals surface area contributed by atoms with E-state index in [2.05, 4.69) is 62.5 Å². The van der Waals surface area contributed by atoms with Crippen molar-refractivity contribution in [2.24, 2.45) is 0 Å². The van der Waals surface area contributed by atoms with Crippen LogP contribution in [0.3, 0.4) is 0 Å². The number of rotatable bonds is 49. The first-order valence-corrected chi connectivity index (χ1v) is 27.2. The maximum atomic E-state index is 12.8. The summed E-state index contributed by atoms with van der Waals surface area (Å²) in [6, 6.07) is -0.617. The summed E-state index contributed by atoms with van der Waals surface area (Å²) >= 11 is 0. The molecule has 8 nitrogen and oxygen atoms in total. The maximum Gasteiger partial charge on any atom is 0.362 e. The second kappa shape index (κ2) is 47.8. The van der Waals surface area contributed by atoms with Crippen LogP contribution in [-0.2, 0) is 28.6 Å². The van der Waals surface area contributed by atoms with Gasteiger partial charge < -0.3 is 23.8 Å². The highest BCUT2D eigenvalue weighted by molar-refractivity contribution is 5.72. The third-order valence-corrected chi connectivity index (χ3v) is 12.2. The zero-order valence-electron chi connectivity index (χ0n) is 43.2. The Morgan fingerprint density at radius 2 is 0.862 bits per heavy atom. The molecule has 0 radical (unpaired) electrons. The minimum absolute atomic E-state index is 0.0542. The predicted octanol–water partition coefficient (Wildman–Crippen LogP) is 15.9. The number of likely N-dealkylation sites (N-methyl/N-ethyl adjacent to an activating group) is 1. The van der Waals surface area contributed by atoms with Crippen molar-refractivity contribution in [3.05, 3.63) is 48.6 Å². The molecule has 0 bridgehead atoms. The average Bonchev–Trinajstić information content (AvgIpc) is 3.27. The van der Waals surface area contributed by atoms with Crippen LogP contribution in [0, 0.1) is 0 Å². The van der Waals surface area contributed by atoms with E-state index in [4.69, 9.17) is 14.2 Å². The zero-order chi connectivity index (χ0) is 47.7. The van der Waals surface area contributed by atoms with Gasteiger partial charge in [-0.3, -0.25) is 9.59 Å². The van der Waals surface area contributed by atoms with Crippen molar-refractivity contribution in [3.63, 3.8) is 0 Å². The zero-order valence-corrected chi connectivity index (χ0v) is 43.2. The van der Waals surface area contributed by atoms with Crippen molar-refractivity contribution < 1.29 is 38.2 Å². The molecule has 0 fully saturated rings. The molecule has 0 saturated carbocycles. The SMILES string of the molecule is CC/C=C/C/C=C/C/C=C/CCCCCCCCCCCCCCCC(=O)OC(COCCC(C(=O)O)[N+](C)(C)C)COC(=O)CCCCCCC/C=C/CCCCCCCCCCC. The van der Waals surface area contributed by atoms with E-state index >= 15 is 0 Å². The Bertz CT molecular complexity index is 1200. The lowest BCUT2D eigenvalue weighted by Crippen LogP contribution is -2.50. The lowest BCUT2D eigenvalue weighted by Gasteiger charge is -2.31. The Morgan fingerprint density at radius 3 is 1.29 bits per heavy atom. The Morgan fingerprint density at radius 1 is 0.477 bits per heavy atom. The lowest BCUT2D eigenvalue weighted by atomic mass is 10.0. The summed E-state index contributed by atoms with van der Waals surface area (Å²) in [5.41, 5.74) is 0. The number of nitrogens with zero attached hydrogens (tertiary/aromatic N) is 1. The summed E-state index contributed by atoms with van der Waals surface area (Å²) in [5, 5.41) is 9.67. The monoisotopic (exact) mass is 915 g/mol. The Labute approximate surface area is 401 Å². The van der Waals surface area contributed by atoms with E-state index in [-0.39, 0.29) is 36.2 Å². The van der Waals surface area contributed by atoms with Gasteiger partial charge in [0.2, 0.25) is 0 Å². The molecule has 8 heteroatoms. The first-order chi connectivity index (χ1) is 31.6. The number of carboxylic acid groups (broad SMARTS) is 1. The largest absolute Gasteiger partial charge is 0.477 e. The van der Waals surface area contributed by atoms with E-state index in [0.29, 0.717) is 19.3 Å². The molecule has 65 heavy (non-hydrogen) atoms. The first kappa shape index (κ1) is 62.3. The molecule has 378 valence electrons. The minimum atomic E-state index is -0.874. The highest BCUT2D eigenvalue weighted by Gasteiger charge is 2.31. The molecule has 0 aliphatic rings. The summed E-state index contributed by atoms with van der Waals surface area (Å²) in [4.78, 5) is 37.2. The summed E-state index contributed by atoms with van der Waals surface area (Å²) in [6.45, 7) is 4.65. The quantitative estimate of drug-likeness (QED) is 0.0281. The van der Waals surface area contributed by atoms with Crippen molar-refractivity contribution >= 4 is 17.9 Å². The van der Waals surface area contributed by atoms with Crippen LogP contribution in [0.5, 0.6) is 0 Å². The van der Waals surface area contributed by atoms with Crippen LogP contribution in [0.25, 0.3) is 0 Å². The Balaban J connectivity index is 4.19. The van der Waals surface area contributed by atoms with E-state index < -0.39 is 18.1 Å². The molecule has 0 aliphatic heterocycles. The van der Waals surface area contributed by atoms with E-state index in [1.807, 2.05) is 21.1 Å². The van der Waals surface area contributed by atoms with Crippen LogP contribution >= 0.6 is 0 Å². The van der Waals surface area contributed by atoms with Crippen molar-refractivity contribution in [3.8, 4) is 0 Å². The molecule has 0 aliphatic carbocycles. The summed E-state index contributed by atoms with van der Waals surface area (Å²) in [6.07, 6.45) is 58.8. The molecule has 0 spiro atoms. The van der Waals surface area contributed by atoms with Crippen LogP contribution in [0.2, 0.25) is 0 Å². The highest BCUT2D eigenvalue weighted by Crippen LogP contribution is 2.16. The van der Waals surface area contributed by atoms with Crippen LogP contribution in [-0.4, -0.2) is 80.6 Å². The fourth-order valence-electron chi connectivity index (χ4n) is 8.04. The van der Waals surface area contributed by atoms with Crippen molar-refractivity contribution in [1.82, 2.24) is 0 Å². The molecule has 0 aromatic rings. The van der Waals surface area contributed by atoms with Gasteiger partial charge in [-0.1, -0.05) is 204 Å². The lowest BCUT2D eigenvalue weighted by molar-refractivity contribution is -0.887. The highest BCUT2D eigenvalue weighted by atomic mass is 16.6. The van der Waals surface area contributed by atoms with Gasteiger partial charge in [0.1, 0.15) is 6.61 Å². The van der Waals surface area contributed by atoms with Crippen LogP contribution < -0.4 is 0 Å². The van der Waals surface area contributed by atoms with Gasteiger partial charge in [-0.2, -0.15) is 0 Å². The fourth-order valence-corrected chi connectivity index (χ4v) is 8.04. The molecular formula is C57H104NO7+. The van der Waals surface area contributed by atoms with Gasteiger partial charge in [-0.15, -0.1) is 0 Å². The number of ether oxygens (including phenoxy) is 3. The number of hydrogen-bond acceptors (Lipinski definition) is 6. The number of carbonyl (C=O) groups is 3. The van der Waals surface area contributed by atoms with E-state index in [0.717, 1.165) is 64.2 Å². The van der Waals surface area contributed by atoms with E-state index in [9.17, 15) is 19.5 Å². The molecule has 2 unspecified atom stereocenters. The van der Waals surface area contributed by atoms with E-state index in [1.165, 1.54) is 148 Å². The molecule has 0 aromatic heterocycles. The number of esters is 2. The normalized spacial score (nSPS) is 13.2. The number of carboxylic acids is 1. The van der Waals surface area contributed by atoms with Gasteiger partial charge >= 0.3 is 17.9 Å². The van der Waals surface area contributed by atoms with Gasteiger partial charge in [0.05, 0.1) is 34.4 Å².